The normalized spacial score (nSPS) is 11.6. The van der Waals surface area contributed by atoms with Crippen molar-refractivity contribution in [3.63, 3.8) is 0 Å². The summed E-state index contributed by atoms with van der Waals surface area (Å²) in [5.41, 5.74) is 3.03. The van der Waals surface area contributed by atoms with Crippen molar-refractivity contribution in [3.05, 3.63) is 48.0 Å². The molecule has 1 aromatic carbocycles. The van der Waals surface area contributed by atoms with Gasteiger partial charge in [0.2, 0.25) is 0 Å². The van der Waals surface area contributed by atoms with Gasteiger partial charge in [0.05, 0.1) is 24.5 Å². The molecular formula is C15H13N5O2S. The van der Waals surface area contributed by atoms with Crippen molar-refractivity contribution in [1.82, 2.24) is 23.8 Å². The maximum atomic E-state index is 5.25. The van der Waals surface area contributed by atoms with Gasteiger partial charge < -0.3 is 8.94 Å². The smallest absolute Gasteiger partial charge is 0.293 e. The van der Waals surface area contributed by atoms with Crippen LogP contribution in [0.4, 0.5) is 0 Å². The first-order valence-corrected chi connectivity index (χ1v) is 7.77. The summed E-state index contributed by atoms with van der Waals surface area (Å²) in [4.78, 5) is 6.45. The minimum Gasteiger partial charge on any atom is -0.459 e. The molecule has 0 saturated heterocycles. The zero-order valence-electron chi connectivity index (χ0n) is 12.3. The van der Waals surface area contributed by atoms with Crippen molar-refractivity contribution < 1.29 is 8.94 Å². The standard InChI is InChI=1S/C15H13N5O2S/c1-20(8-10-4-5-11-12(7-10)19-23-18-11)9-14-16-15(22-17-14)13-3-2-6-21-13/h2-7H,8-9H2,1H3. The summed E-state index contributed by atoms with van der Waals surface area (Å²) in [5.74, 6) is 1.59. The fourth-order valence-electron chi connectivity index (χ4n) is 2.35. The van der Waals surface area contributed by atoms with E-state index in [9.17, 15) is 0 Å². The minimum absolute atomic E-state index is 0.397. The van der Waals surface area contributed by atoms with Gasteiger partial charge in [-0.1, -0.05) is 11.2 Å². The highest BCUT2D eigenvalue weighted by molar-refractivity contribution is 7.00. The minimum atomic E-state index is 0.397. The Kier molecular flexibility index (Phi) is 3.60. The van der Waals surface area contributed by atoms with E-state index in [0.29, 0.717) is 24.0 Å². The lowest BCUT2D eigenvalue weighted by Gasteiger charge is -2.14. The summed E-state index contributed by atoms with van der Waals surface area (Å²) in [6.07, 6.45) is 1.58. The Morgan fingerprint density at radius 2 is 2.04 bits per heavy atom. The van der Waals surface area contributed by atoms with E-state index in [0.717, 1.165) is 17.6 Å². The number of hydrogen-bond donors (Lipinski definition) is 0. The second-order valence-corrected chi connectivity index (χ2v) is 5.78. The van der Waals surface area contributed by atoms with Crippen molar-refractivity contribution in [1.29, 1.82) is 0 Å². The Hall–Kier alpha value is -2.58. The molecule has 4 rings (SSSR count). The summed E-state index contributed by atoms with van der Waals surface area (Å²) in [6.45, 7) is 1.34. The molecule has 0 fully saturated rings. The highest BCUT2D eigenvalue weighted by atomic mass is 32.1. The number of rotatable bonds is 5. The molecule has 0 aliphatic heterocycles. The lowest BCUT2D eigenvalue weighted by Crippen LogP contribution is -2.18. The van der Waals surface area contributed by atoms with Crippen LogP contribution < -0.4 is 0 Å². The quantitative estimate of drug-likeness (QED) is 0.557. The Bertz CT molecular complexity index is 915. The van der Waals surface area contributed by atoms with E-state index in [1.165, 1.54) is 17.3 Å². The molecule has 116 valence electrons. The molecule has 0 radical (unpaired) electrons. The van der Waals surface area contributed by atoms with E-state index >= 15 is 0 Å². The highest BCUT2D eigenvalue weighted by Crippen LogP contribution is 2.18. The van der Waals surface area contributed by atoms with Crippen LogP contribution in [0.1, 0.15) is 11.4 Å². The lowest BCUT2D eigenvalue weighted by atomic mass is 10.2. The fourth-order valence-corrected chi connectivity index (χ4v) is 2.87. The van der Waals surface area contributed by atoms with Crippen LogP contribution in [0.15, 0.2) is 45.5 Å². The fraction of sp³-hybridized carbons (Fsp3) is 0.200. The van der Waals surface area contributed by atoms with Crippen LogP contribution in [0.3, 0.4) is 0 Å². The third-order valence-electron chi connectivity index (χ3n) is 3.38. The molecule has 0 spiro atoms. The Morgan fingerprint density at radius 3 is 2.91 bits per heavy atom. The summed E-state index contributed by atoms with van der Waals surface area (Å²) >= 11 is 1.23. The number of hydrogen-bond acceptors (Lipinski definition) is 8. The number of aromatic nitrogens is 4. The van der Waals surface area contributed by atoms with Gasteiger partial charge in [0, 0.05) is 6.54 Å². The molecular weight excluding hydrogens is 314 g/mol. The van der Waals surface area contributed by atoms with Crippen LogP contribution in [-0.2, 0) is 13.1 Å². The molecule has 0 atom stereocenters. The van der Waals surface area contributed by atoms with Gasteiger partial charge in [0.1, 0.15) is 11.0 Å². The topological polar surface area (TPSA) is 81.1 Å². The first-order chi connectivity index (χ1) is 11.3. The monoisotopic (exact) mass is 327 g/mol. The predicted octanol–water partition coefficient (Wildman–Crippen LogP) is 2.97. The van der Waals surface area contributed by atoms with Crippen LogP contribution in [0, 0.1) is 0 Å². The van der Waals surface area contributed by atoms with Crippen molar-refractivity contribution in [2.45, 2.75) is 13.1 Å². The molecule has 0 N–H and O–H groups in total. The second kappa shape index (κ2) is 5.90. The first kappa shape index (κ1) is 14.0. The Morgan fingerprint density at radius 1 is 1.13 bits per heavy atom. The molecule has 0 saturated carbocycles. The Labute approximate surface area is 135 Å². The van der Waals surface area contributed by atoms with E-state index < -0.39 is 0 Å². The van der Waals surface area contributed by atoms with Gasteiger partial charge in [0.25, 0.3) is 5.89 Å². The summed E-state index contributed by atoms with van der Waals surface area (Å²) in [7, 11) is 2.01. The van der Waals surface area contributed by atoms with E-state index in [1.54, 1.807) is 18.4 Å². The SMILES string of the molecule is CN(Cc1ccc2nsnc2c1)Cc1noc(-c2ccco2)n1. The van der Waals surface area contributed by atoms with Gasteiger partial charge in [-0.3, -0.25) is 4.90 Å². The molecule has 7 nitrogen and oxygen atoms in total. The molecule has 3 heterocycles. The average Bonchev–Trinajstić information content (AvgIpc) is 3.27. The zero-order valence-corrected chi connectivity index (χ0v) is 13.2. The summed E-state index contributed by atoms with van der Waals surface area (Å²) in [5, 5.41) is 3.99. The van der Waals surface area contributed by atoms with Crippen molar-refractivity contribution in [3.8, 4) is 11.7 Å². The second-order valence-electron chi connectivity index (χ2n) is 5.25. The van der Waals surface area contributed by atoms with Crippen molar-refractivity contribution >= 4 is 22.8 Å². The van der Waals surface area contributed by atoms with E-state index in [2.05, 4.69) is 35.9 Å². The Balaban J connectivity index is 1.44. The maximum Gasteiger partial charge on any atom is 0.293 e. The highest BCUT2D eigenvalue weighted by Gasteiger charge is 2.13. The van der Waals surface area contributed by atoms with Gasteiger partial charge in [-0.2, -0.15) is 13.7 Å². The molecule has 0 unspecified atom stereocenters. The molecule has 23 heavy (non-hydrogen) atoms. The molecule has 8 heteroatoms. The predicted molar refractivity (Wildman–Crippen MR) is 84.6 cm³/mol. The van der Waals surface area contributed by atoms with Gasteiger partial charge in [-0.25, -0.2) is 0 Å². The van der Waals surface area contributed by atoms with Crippen LogP contribution in [0.5, 0.6) is 0 Å². The van der Waals surface area contributed by atoms with Crippen molar-refractivity contribution in [2.75, 3.05) is 7.05 Å². The van der Waals surface area contributed by atoms with Crippen LogP contribution in [0.2, 0.25) is 0 Å². The zero-order chi connectivity index (χ0) is 15.6. The van der Waals surface area contributed by atoms with Gasteiger partial charge in [-0.05, 0) is 36.9 Å². The van der Waals surface area contributed by atoms with E-state index in [1.807, 2.05) is 13.1 Å². The molecule has 0 amide bonds. The number of nitrogens with zero attached hydrogens (tertiary/aromatic N) is 5. The van der Waals surface area contributed by atoms with Crippen molar-refractivity contribution in [2.24, 2.45) is 0 Å². The molecule has 0 aliphatic carbocycles. The van der Waals surface area contributed by atoms with Crippen LogP contribution in [0.25, 0.3) is 22.7 Å². The molecule has 3 aromatic heterocycles. The lowest BCUT2D eigenvalue weighted by molar-refractivity contribution is 0.302. The third kappa shape index (κ3) is 2.99. The largest absolute Gasteiger partial charge is 0.459 e. The molecule has 4 aromatic rings. The third-order valence-corrected chi connectivity index (χ3v) is 3.94. The number of furan rings is 1. The number of benzene rings is 1. The van der Waals surface area contributed by atoms with Gasteiger partial charge in [0.15, 0.2) is 11.6 Å². The van der Waals surface area contributed by atoms with E-state index in [-0.39, 0.29) is 0 Å². The summed E-state index contributed by atoms with van der Waals surface area (Å²) in [6, 6.07) is 9.68. The summed E-state index contributed by atoms with van der Waals surface area (Å²) < 4.78 is 18.9. The van der Waals surface area contributed by atoms with Gasteiger partial charge in [-0.15, -0.1) is 0 Å². The maximum absolute atomic E-state index is 5.25. The van der Waals surface area contributed by atoms with E-state index in [4.69, 9.17) is 8.94 Å². The number of fused-ring (bicyclic) bond motifs is 1. The molecule has 0 bridgehead atoms. The molecule has 0 aliphatic rings. The van der Waals surface area contributed by atoms with Gasteiger partial charge >= 0.3 is 0 Å². The van der Waals surface area contributed by atoms with Crippen LogP contribution >= 0.6 is 11.7 Å². The average molecular weight is 327 g/mol. The van der Waals surface area contributed by atoms with Crippen LogP contribution in [-0.4, -0.2) is 30.8 Å². The first-order valence-electron chi connectivity index (χ1n) is 7.04.